The first-order valence-corrected chi connectivity index (χ1v) is 10.1. The number of piperazine rings is 1. The fourth-order valence-corrected chi connectivity index (χ4v) is 3.51. The van der Waals surface area contributed by atoms with Gasteiger partial charge in [0.05, 0.1) is 6.04 Å². The Balaban J connectivity index is 1.75. The van der Waals surface area contributed by atoms with Gasteiger partial charge in [-0.05, 0) is 41.2 Å². The van der Waals surface area contributed by atoms with Gasteiger partial charge in [0.2, 0.25) is 0 Å². The van der Waals surface area contributed by atoms with E-state index in [9.17, 15) is 4.79 Å². The highest BCUT2D eigenvalue weighted by atomic mass is 16.6. The number of ether oxygens (including phenoxy) is 1. The Labute approximate surface area is 164 Å². The predicted octanol–water partition coefficient (Wildman–Crippen LogP) is 0.797. The Kier molecular flexibility index (Phi) is 7.73. The molecular formula is C19H38N6O2. The highest BCUT2D eigenvalue weighted by molar-refractivity contribution is 5.80. The minimum atomic E-state index is -0.473. The lowest BCUT2D eigenvalue weighted by Crippen LogP contribution is -2.52. The van der Waals surface area contributed by atoms with Gasteiger partial charge in [-0.15, -0.1) is 0 Å². The summed E-state index contributed by atoms with van der Waals surface area (Å²) in [5.41, 5.74) is -0.473. The van der Waals surface area contributed by atoms with Crippen LogP contribution in [0.2, 0.25) is 0 Å². The van der Waals surface area contributed by atoms with Gasteiger partial charge in [0.25, 0.3) is 0 Å². The van der Waals surface area contributed by atoms with Crippen LogP contribution < -0.4 is 10.6 Å². The molecule has 0 aromatic carbocycles. The van der Waals surface area contributed by atoms with Crippen LogP contribution in [-0.2, 0) is 4.74 Å². The fourth-order valence-electron chi connectivity index (χ4n) is 3.51. The van der Waals surface area contributed by atoms with Crippen LogP contribution in [0.5, 0.6) is 0 Å². The minimum Gasteiger partial charge on any atom is -0.444 e. The molecule has 2 saturated heterocycles. The fraction of sp³-hybridized carbons (Fsp3) is 0.895. The molecule has 2 aliphatic heterocycles. The molecule has 0 bridgehead atoms. The maximum absolute atomic E-state index is 12.0. The van der Waals surface area contributed by atoms with Gasteiger partial charge in [-0.2, -0.15) is 0 Å². The molecule has 8 nitrogen and oxygen atoms in total. The van der Waals surface area contributed by atoms with Gasteiger partial charge in [0.15, 0.2) is 5.96 Å². The number of aliphatic imine (C=N–C) groups is 1. The van der Waals surface area contributed by atoms with E-state index in [1.54, 1.807) is 0 Å². The summed E-state index contributed by atoms with van der Waals surface area (Å²) in [7, 11) is 3.99. The summed E-state index contributed by atoms with van der Waals surface area (Å²) in [5, 5.41) is 6.48. The summed E-state index contributed by atoms with van der Waals surface area (Å²) in [6, 6.07) is 0.558. The van der Waals surface area contributed by atoms with Crippen molar-refractivity contribution in [3.8, 4) is 0 Å². The second-order valence-electron chi connectivity index (χ2n) is 8.69. The number of guanidine groups is 1. The zero-order valence-corrected chi connectivity index (χ0v) is 17.9. The van der Waals surface area contributed by atoms with Crippen LogP contribution in [-0.4, -0.2) is 104 Å². The third kappa shape index (κ3) is 7.18. The van der Waals surface area contributed by atoms with Gasteiger partial charge >= 0.3 is 6.09 Å². The Morgan fingerprint density at radius 3 is 2.48 bits per heavy atom. The van der Waals surface area contributed by atoms with Crippen LogP contribution in [0.1, 0.15) is 34.1 Å². The van der Waals surface area contributed by atoms with Crippen LogP contribution >= 0.6 is 0 Å². The molecule has 0 radical (unpaired) electrons. The van der Waals surface area contributed by atoms with Crippen molar-refractivity contribution in [1.29, 1.82) is 0 Å². The number of alkyl carbamates (subject to hydrolysis) is 1. The van der Waals surface area contributed by atoms with Crippen molar-refractivity contribution >= 4 is 12.1 Å². The molecule has 156 valence electrons. The SMILES string of the molecule is CN=C(NCC(C)N1CCN(C)CC1)N1CCC(NC(=O)OC(C)(C)C)C1. The van der Waals surface area contributed by atoms with E-state index in [2.05, 4.69) is 44.3 Å². The van der Waals surface area contributed by atoms with E-state index in [1.165, 1.54) is 0 Å². The highest BCUT2D eigenvalue weighted by Gasteiger charge is 2.28. The highest BCUT2D eigenvalue weighted by Crippen LogP contribution is 2.12. The average molecular weight is 383 g/mol. The van der Waals surface area contributed by atoms with Gasteiger partial charge in [-0.25, -0.2) is 4.79 Å². The molecule has 0 spiro atoms. The second kappa shape index (κ2) is 9.59. The molecule has 2 rings (SSSR count). The van der Waals surface area contributed by atoms with Crippen molar-refractivity contribution in [3.05, 3.63) is 0 Å². The quantitative estimate of drug-likeness (QED) is 0.553. The zero-order chi connectivity index (χ0) is 20.0. The standard InChI is InChI=1S/C19H38N6O2/c1-15(24-11-9-23(6)10-12-24)13-21-17(20-5)25-8-7-16(14-25)22-18(26)27-19(2,3)4/h15-16H,7-14H2,1-6H3,(H,20,21)(H,22,26). The number of nitrogens with zero attached hydrogens (tertiary/aromatic N) is 4. The lowest BCUT2D eigenvalue weighted by molar-refractivity contribution is 0.0507. The lowest BCUT2D eigenvalue weighted by Gasteiger charge is -2.37. The molecule has 2 heterocycles. The number of hydrogen-bond donors (Lipinski definition) is 2. The van der Waals surface area contributed by atoms with Crippen molar-refractivity contribution in [3.63, 3.8) is 0 Å². The summed E-state index contributed by atoms with van der Waals surface area (Å²) < 4.78 is 5.35. The Morgan fingerprint density at radius 2 is 1.89 bits per heavy atom. The monoisotopic (exact) mass is 382 g/mol. The van der Waals surface area contributed by atoms with Crippen LogP contribution in [0.25, 0.3) is 0 Å². The predicted molar refractivity (Wildman–Crippen MR) is 109 cm³/mol. The van der Waals surface area contributed by atoms with Crippen molar-refractivity contribution in [1.82, 2.24) is 25.3 Å². The topological polar surface area (TPSA) is 72.4 Å². The van der Waals surface area contributed by atoms with Gasteiger partial charge in [0, 0.05) is 58.9 Å². The summed E-state index contributed by atoms with van der Waals surface area (Å²) in [4.78, 5) is 23.5. The number of likely N-dealkylation sites (tertiary alicyclic amines) is 1. The van der Waals surface area contributed by atoms with Gasteiger partial charge in [-0.1, -0.05) is 0 Å². The maximum atomic E-state index is 12.0. The number of likely N-dealkylation sites (N-methyl/N-ethyl adjacent to an activating group) is 1. The Morgan fingerprint density at radius 1 is 1.22 bits per heavy atom. The summed E-state index contributed by atoms with van der Waals surface area (Å²) >= 11 is 0. The summed E-state index contributed by atoms with van der Waals surface area (Å²) in [6.07, 6.45) is 0.550. The molecule has 2 atom stereocenters. The smallest absolute Gasteiger partial charge is 0.407 e. The molecule has 27 heavy (non-hydrogen) atoms. The molecule has 0 aromatic rings. The first kappa shape index (κ1) is 21.8. The third-order valence-corrected chi connectivity index (χ3v) is 5.14. The molecule has 0 saturated carbocycles. The van der Waals surface area contributed by atoms with Crippen LogP contribution in [0.15, 0.2) is 4.99 Å². The Bertz CT molecular complexity index is 511. The van der Waals surface area contributed by atoms with Gasteiger partial charge in [0.1, 0.15) is 5.60 Å². The van der Waals surface area contributed by atoms with E-state index in [-0.39, 0.29) is 12.1 Å². The average Bonchev–Trinajstić information content (AvgIpc) is 3.02. The van der Waals surface area contributed by atoms with Crippen LogP contribution in [0.4, 0.5) is 4.79 Å². The first-order valence-electron chi connectivity index (χ1n) is 10.1. The molecule has 8 heteroatoms. The maximum Gasteiger partial charge on any atom is 0.407 e. The van der Waals surface area contributed by atoms with E-state index < -0.39 is 5.60 Å². The largest absolute Gasteiger partial charge is 0.444 e. The molecule has 2 unspecified atom stereocenters. The molecule has 2 aliphatic rings. The van der Waals surface area contributed by atoms with E-state index in [0.717, 1.165) is 58.2 Å². The number of amides is 1. The number of carbonyl (C=O) groups excluding carboxylic acids is 1. The molecule has 0 aromatic heterocycles. The van der Waals surface area contributed by atoms with E-state index in [0.29, 0.717) is 6.04 Å². The number of nitrogens with one attached hydrogen (secondary N) is 2. The second-order valence-corrected chi connectivity index (χ2v) is 8.69. The van der Waals surface area contributed by atoms with Crippen LogP contribution in [0, 0.1) is 0 Å². The number of hydrogen-bond acceptors (Lipinski definition) is 5. The zero-order valence-electron chi connectivity index (χ0n) is 17.9. The molecule has 2 fully saturated rings. The van der Waals surface area contributed by atoms with Crippen molar-refractivity contribution in [2.24, 2.45) is 4.99 Å². The van der Waals surface area contributed by atoms with Gasteiger partial charge in [-0.3, -0.25) is 9.89 Å². The summed E-state index contributed by atoms with van der Waals surface area (Å²) in [6.45, 7) is 14.9. The van der Waals surface area contributed by atoms with Crippen molar-refractivity contribution < 1.29 is 9.53 Å². The van der Waals surface area contributed by atoms with Crippen molar-refractivity contribution in [2.45, 2.75) is 51.8 Å². The normalized spacial score (nSPS) is 24.0. The number of carbonyl (C=O) groups is 1. The lowest BCUT2D eigenvalue weighted by atomic mass is 10.2. The third-order valence-electron chi connectivity index (χ3n) is 5.14. The molecule has 0 aliphatic carbocycles. The van der Waals surface area contributed by atoms with Crippen LogP contribution in [0.3, 0.4) is 0 Å². The Hall–Kier alpha value is -1.54. The number of rotatable bonds is 4. The van der Waals surface area contributed by atoms with Crippen molar-refractivity contribution in [2.75, 3.05) is 59.9 Å². The van der Waals surface area contributed by atoms with E-state index >= 15 is 0 Å². The first-order chi connectivity index (χ1) is 12.7. The van der Waals surface area contributed by atoms with E-state index in [4.69, 9.17) is 4.74 Å². The molecule has 1 amide bonds. The molecule has 2 N–H and O–H groups in total. The van der Waals surface area contributed by atoms with E-state index in [1.807, 2.05) is 27.8 Å². The minimum absolute atomic E-state index is 0.0912. The van der Waals surface area contributed by atoms with Gasteiger partial charge < -0.3 is 25.2 Å². The summed E-state index contributed by atoms with van der Waals surface area (Å²) in [5.74, 6) is 0.907. The molecular weight excluding hydrogens is 344 g/mol.